The van der Waals surface area contributed by atoms with E-state index in [0.29, 0.717) is 17.9 Å². The average Bonchev–Trinajstić information content (AvgIpc) is 3.08. The number of aromatic nitrogens is 5. The molecule has 116 valence electrons. The third-order valence-corrected chi connectivity index (χ3v) is 4.05. The van der Waals surface area contributed by atoms with E-state index in [0.717, 1.165) is 31.5 Å². The highest BCUT2D eigenvalue weighted by atomic mass is 16.2. The molecule has 1 amide bonds. The summed E-state index contributed by atoms with van der Waals surface area (Å²) >= 11 is 0. The van der Waals surface area contributed by atoms with Crippen LogP contribution in [-0.2, 0) is 6.42 Å². The van der Waals surface area contributed by atoms with Gasteiger partial charge in [0.15, 0.2) is 0 Å². The van der Waals surface area contributed by atoms with Crippen LogP contribution in [0.3, 0.4) is 0 Å². The Bertz CT molecular complexity index is 654. The van der Waals surface area contributed by atoms with Crippen LogP contribution in [0, 0.1) is 6.92 Å². The quantitative estimate of drug-likeness (QED) is 0.856. The predicted molar refractivity (Wildman–Crippen MR) is 80.3 cm³/mol. The second-order valence-corrected chi connectivity index (χ2v) is 5.55. The lowest BCUT2D eigenvalue weighted by molar-refractivity contribution is 0.0670. The van der Waals surface area contributed by atoms with Crippen molar-refractivity contribution < 1.29 is 4.79 Å². The number of aryl methyl sites for hydroxylation is 2. The molecule has 0 aromatic carbocycles. The Morgan fingerprint density at radius 2 is 2.32 bits per heavy atom. The summed E-state index contributed by atoms with van der Waals surface area (Å²) in [5.74, 6) is 0.717. The first-order chi connectivity index (χ1) is 10.7. The van der Waals surface area contributed by atoms with Gasteiger partial charge in [0.25, 0.3) is 5.91 Å². The van der Waals surface area contributed by atoms with Gasteiger partial charge in [0.05, 0.1) is 17.3 Å². The Morgan fingerprint density at radius 3 is 3.05 bits per heavy atom. The number of hydrogen-bond acceptors (Lipinski definition) is 5. The zero-order valence-corrected chi connectivity index (χ0v) is 12.9. The number of hydrogen-bond donors (Lipinski definition) is 0. The molecule has 1 fully saturated rings. The molecule has 1 unspecified atom stereocenters. The van der Waals surface area contributed by atoms with Gasteiger partial charge in [-0.3, -0.25) is 4.79 Å². The van der Waals surface area contributed by atoms with Crippen LogP contribution in [0.15, 0.2) is 18.9 Å². The molecule has 2 aromatic heterocycles. The van der Waals surface area contributed by atoms with Gasteiger partial charge in [-0.25, -0.2) is 19.6 Å². The Morgan fingerprint density at radius 1 is 1.45 bits per heavy atom. The largest absolute Gasteiger partial charge is 0.336 e. The summed E-state index contributed by atoms with van der Waals surface area (Å²) in [4.78, 5) is 27.3. The van der Waals surface area contributed by atoms with Gasteiger partial charge in [0, 0.05) is 19.3 Å². The van der Waals surface area contributed by atoms with Crippen LogP contribution in [0.4, 0.5) is 0 Å². The van der Waals surface area contributed by atoms with E-state index in [1.165, 1.54) is 6.33 Å². The van der Waals surface area contributed by atoms with Crippen molar-refractivity contribution in [1.82, 2.24) is 29.6 Å². The van der Waals surface area contributed by atoms with Crippen molar-refractivity contribution >= 4 is 5.91 Å². The molecule has 2 aromatic rings. The number of carbonyl (C=O) groups excluding carboxylic acids is 1. The number of carbonyl (C=O) groups is 1. The lowest BCUT2D eigenvalue weighted by Gasteiger charge is -2.32. The molecule has 1 atom stereocenters. The summed E-state index contributed by atoms with van der Waals surface area (Å²) in [6, 6.07) is 0.191. The molecule has 0 radical (unpaired) electrons. The number of likely N-dealkylation sites (tertiary alicyclic amines) is 1. The Balaban J connectivity index is 1.80. The molecular formula is C15H20N6O. The molecular weight excluding hydrogens is 280 g/mol. The fourth-order valence-electron chi connectivity index (χ4n) is 2.90. The maximum absolute atomic E-state index is 12.8. The molecule has 0 N–H and O–H groups in total. The topological polar surface area (TPSA) is 76.8 Å². The van der Waals surface area contributed by atoms with E-state index in [1.54, 1.807) is 12.5 Å². The summed E-state index contributed by atoms with van der Waals surface area (Å²) in [6.45, 7) is 5.27. The molecule has 0 bridgehead atoms. The molecule has 0 aliphatic carbocycles. The molecule has 3 rings (SSSR count). The first-order valence-corrected chi connectivity index (χ1v) is 7.65. The molecule has 1 aliphatic heterocycles. The van der Waals surface area contributed by atoms with Gasteiger partial charge in [-0.15, -0.1) is 0 Å². The maximum atomic E-state index is 12.8. The van der Waals surface area contributed by atoms with Crippen molar-refractivity contribution in [2.45, 2.75) is 39.2 Å². The smallest absolute Gasteiger partial charge is 0.257 e. The fourth-order valence-corrected chi connectivity index (χ4v) is 2.90. The summed E-state index contributed by atoms with van der Waals surface area (Å²) in [5.41, 5.74) is 1.44. The Labute approximate surface area is 129 Å². The van der Waals surface area contributed by atoms with Crippen molar-refractivity contribution in [3.63, 3.8) is 0 Å². The second kappa shape index (κ2) is 6.21. The molecule has 0 saturated carbocycles. The minimum absolute atomic E-state index is 0.0154. The average molecular weight is 300 g/mol. The molecule has 7 heteroatoms. The summed E-state index contributed by atoms with van der Waals surface area (Å²) in [5, 5.41) is 4.19. The van der Waals surface area contributed by atoms with Crippen LogP contribution >= 0.6 is 0 Å². The van der Waals surface area contributed by atoms with Gasteiger partial charge in [-0.05, 0) is 26.2 Å². The van der Waals surface area contributed by atoms with E-state index in [-0.39, 0.29) is 11.9 Å². The first kappa shape index (κ1) is 14.6. The van der Waals surface area contributed by atoms with Gasteiger partial charge >= 0.3 is 0 Å². The summed E-state index contributed by atoms with van der Waals surface area (Å²) in [6.07, 6.45) is 7.60. The molecule has 0 spiro atoms. The zero-order valence-electron chi connectivity index (χ0n) is 12.9. The fraction of sp³-hybridized carbons (Fsp3) is 0.533. The van der Waals surface area contributed by atoms with E-state index in [9.17, 15) is 4.79 Å². The standard InChI is InChI=1S/C15H20N6O/c1-3-14-13(7-17-11(2)19-14)15(22)20-6-4-5-12(8-20)21-10-16-9-18-21/h7,9-10,12H,3-6,8H2,1-2H3. The number of piperidine rings is 1. The monoisotopic (exact) mass is 300 g/mol. The lowest BCUT2D eigenvalue weighted by atomic mass is 10.0. The first-order valence-electron chi connectivity index (χ1n) is 7.65. The van der Waals surface area contributed by atoms with Gasteiger partial charge in [0.1, 0.15) is 18.5 Å². The SMILES string of the molecule is CCc1nc(C)ncc1C(=O)N1CCCC(n2cncn2)C1. The van der Waals surface area contributed by atoms with Gasteiger partial charge in [0.2, 0.25) is 0 Å². The Hall–Kier alpha value is -2.31. The molecule has 3 heterocycles. The highest BCUT2D eigenvalue weighted by Crippen LogP contribution is 2.22. The van der Waals surface area contributed by atoms with Crippen LogP contribution in [0.25, 0.3) is 0 Å². The minimum Gasteiger partial charge on any atom is -0.336 e. The highest BCUT2D eigenvalue weighted by molar-refractivity contribution is 5.95. The Kier molecular flexibility index (Phi) is 4.13. The van der Waals surface area contributed by atoms with Crippen LogP contribution in [0.2, 0.25) is 0 Å². The second-order valence-electron chi connectivity index (χ2n) is 5.55. The number of nitrogens with zero attached hydrogens (tertiary/aromatic N) is 6. The normalized spacial score (nSPS) is 18.5. The van der Waals surface area contributed by atoms with E-state index < -0.39 is 0 Å². The summed E-state index contributed by atoms with van der Waals surface area (Å²) < 4.78 is 1.84. The maximum Gasteiger partial charge on any atom is 0.257 e. The number of rotatable bonds is 3. The van der Waals surface area contributed by atoms with Crippen LogP contribution < -0.4 is 0 Å². The molecule has 7 nitrogen and oxygen atoms in total. The van der Waals surface area contributed by atoms with Crippen LogP contribution in [-0.4, -0.2) is 48.6 Å². The van der Waals surface area contributed by atoms with E-state index in [1.807, 2.05) is 23.4 Å². The molecule has 1 saturated heterocycles. The third kappa shape index (κ3) is 2.84. The van der Waals surface area contributed by atoms with E-state index in [4.69, 9.17) is 0 Å². The lowest BCUT2D eigenvalue weighted by Crippen LogP contribution is -2.41. The summed E-state index contributed by atoms with van der Waals surface area (Å²) in [7, 11) is 0. The zero-order chi connectivity index (χ0) is 15.5. The van der Waals surface area contributed by atoms with Crippen molar-refractivity contribution in [2.24, 2.45) is 0 Å². The molecule has 1 aliphatic rings. The van der Waals surface area contributed by atoms with Crippen molar-refractivity contribution in [2.75, 3.05) is 13.1 Å². The predicted octanol–water partition coefficient (Wildman–Crippen LogP) is 1.42. The van der Waals surface area contributed by atoms with Crippen LogP contribution in [0.1, 0.15) is 47.7 Å². The van der Waals surface area contributed by atoms with Crippen molar-refractivity contribution in [3.05, 3.63) is 35.9 Å². The molecule has 22 heavy (non-hydrogen) atoms. The van der Waals surface area contributed by atoms with E-state index >= 15 is 0 Å². The number of amides is 1. The van der Waals surface area contributed by atoms with Crippen molar-refractivity contribution in [3.8, 4) is 0 Å². The van der Waals surface area contributed by atoms with Gasteiger partial charge in [-0.2, -0.15) is 5.10 Å². The van der Waals surface area contributed by atoms with Crippen LogP contribution in [0.5, 0.6) is 0 Å². The highest BCUT2D eigenvalue weighted by Gasteiger charge is 2.27. The third-order valence-electron chi connectivity index (χ3n) is 4.05. The van der Waals surface area contributed by atoms with Gasteiger partial charge in [-0.1, -0.05) is 6.92 Å². The van der Waals surface area contributed by atoms with E-state index in [2.05, 4.69) is 20.1 Å². The van der Waals surface area contributed by atoms with Crippen molar-refractivity contribution in [1.29, 1.82) is 0 Å². The minimum atomic E-state index is 0.0154. The van der Waals surface area contributed by atoms with Gasteiger partial charge < -0.3 is 4.90 Å².